The lowest BCUT2D eigenvalue weighted by atomic mass is 9.85. The van der Waals surface area contributed by atoms with Gasteiger partial charge in [0.1, 0.15) is 0 Å². The Labute approximate surface area is 97.2 Å². The lowest BCUT2D eigenvalue weighted by Crippen LogP contribution is -2.08. The fourth-order valence-electron chi connectivity index (χ4n) is 2.54. The third kappa shape index (κ3) is 8.72. The van der Waals surface area contributed by atoms with E-state index in [1.54, 1.807) is 0 Å². The molecular weight excluding hydrogens is 180 g/mol. The maximum atomic E-state index is 2.42. The third-order valence-electron chi connectivity index (χ3n) is 3.01. The van der Waals surface area contributed by atoms with E-state index in [4.69, 9.17) is 0 Å². The largest absolute Gasteiger partial charge is 0.0917 e. The molecule has 0 aromatic carbocycles. The van der Waals surface area contributed by atoms with E-state index in [1.165, 1.54) is 32.1 Å². The van der Waals surface area contributed by atoms with Crippen molar-refractivity contribution >= 4 is 0 Å². The van der Waals surface area contributed by atoms with Crippen molar-refractivity contribution in [2.45, 2.75) is 66.7 Å². The first-order valence-corrected chi connectivity index (χ1v) is 6.71. The van der Waals surface area contributed by atoms with E-state index >= 15 is 0 Å². The fraction of sp³-hybridized carbons (Fsp3) is 0.867. The summed E-state index contributed by atoms with van der Waals surface area (Å²) in [4.78, 5) is 0. The minimum Gasteiger partial charge on any atom is -0.0917 e. The van der Waals surface area contributed by atoms with Crippen molar-refractivity contribution in [2.24, 2.45) is 17.8 Å². The van der Waals surface area contributed by atoms with E-state index in [1.807, 2.05) is 0 Å². The van der Waals surface area contributed by atoms with Gasteiger partial charge in [-0.2, -0.15) is 0 Å². The Hall–Kier alpha value is -0.260. The Kier molecular flexibility index (Phi) is 8.85. The first-order valence-electron chi connectivity index (χ1n) is 6.71. The molecule has 0 N–H and O–H groups in total. The van der Waals surface area contributed by atoms with Crippen LogP contribution in [0.15, 0.2) is 12.2 Å². The molecular formula is C15H30. The second-order valence-corrected chi connectivity index (χ2v) is 5.43. The summed E-state index contributed by atoms with van der Waals surface area (Å²) >= 11 is 0. The molecule has 0 fully saturated rings. The highest BCUT2D eigenvalue weighted by Crippen LogP contribution is 2.25. The molecule has 0 heteroatoms. The van der Waals surface area contributed by atoms with Crippen LogP contribution in [0, 0.1) is 17.8 Å². The van der Waals surface area contributed by atoms with Crippen molar-refractivity contribution in [3.63, 3.8) is 0 Å². The van der Waals surface area contributed by atoms with Crippen molar-refractivity contribution in [1.29, 1.82) is 0 Å². The van der Waals surface area contributed by atoms with Crippen LogP contribution in [0.2, 0.25) is 0 Å². The van der Waals surface area contributed by atoms with Crippen LogP contribution in [-0.4, -0.2) is 0 Å². The molecule has 15 heavy (non-hydrogen) atoms. The third-order valence-corrected chi connectivity index (χ3v) is 3.01. The van der Waals surface area contributed by atoms with Gasteiger partial charge >= 0.3 is 0 Å². The molecule has 0 radical (unpaired) electrons. The number of hydrogen-bond donors (Lipinski definition) is 0. The van der Waals surface area contributed by atoms with Crippen molar-refractivity contribution < 1.29 is 0 Å². The van der Waals surface area contributed by atoms with Crippen LogP contribution in [0.4, 0.5) is 0 Å². The molecule has 0 aliphatic heterocycles. The first kappa shape index (κ1) is 14.7. The molecule has 0 saturated heterocycles. The Balaban J connectivity index is 3.91. The van der Waals surface area contributed by atoms with Gasteiger partial charge in [-0.25, -0.2) is 0 Å². The monoisotopic (exact) mass is 210 g/mol. The summed E-state index contributed by atoms with van der Waals surface area (Å²) in [7, 11) is 0. The van der Waals surface area contributed by atoms with Gasteiger partial charge in [0.2, 0.25) is 0 Å². The van der Waals surface area contributed by atoms with E-state index in [2.05, 4.69) is 46.8 Å². The standard InChI is InChI=1S/C15H30/c1-6-8-10-15(9-7-2)12-14(5)11-13(3)4/h6,8,13-15H,7,9-12H2,1-5H3. The van der Waals surface area contributed by atoms with Gasteiger partial charge in [0.25, 0.3) is 0 Å². The van der Waals surface area contributed by atoms with Crippen LogP contribution in [0.5, 0.6) is 0 Å². The summed E-state index contributed by atoms with van der Waals surface area (Å²) in [6.45, 7) is 11.5. The van der Waals surface area contributed by atoms with Gasteiger partial charge in [-0.3, -0.25) is 0 Å². The lowest BCUT2D eigenvalue weighted by Gasteiger charge is -2.20. The number of hydrogen-bond acceptors (Lipinski definition) is 0. The quantitative estimate of drug-likeness (QED) is 0.468. The smallest absolute Gasteiger partial charge is 0.0322 e. The van der Waals surface area contributed by atoms with Gasteiger partial charge in [-0.05, 0) is 43.9 Å². The van der Waals surface area contributed by atoms with Gasteiger partial charge in [0.15, 0.2) is 0 Å². The normalized spacial score (nSPS) is 16.1. The highest BCUT2D eigenvalue weighted by molar-refractivity contribution is 4.81. The molecule has 0 bridgehead atoms. The Morgan fingerprint density at radius 1 is 1.07 bits per heavy atom. The number of allylic oxidation sites excluding steroid dienone is 2. The van der Waals surface area contributed by atoms with Gasteiger partial charge in [-0.15, -0.1) is 0 Å². The van der Waals surface area contributed by atoms with E-state index in [0.717, 1.165) is 17.8 Å². The molecule has 0 rings (SSSR count). The molecule has 0 saturated carbocycles. The highest BCUT2D eigenvalue weighted by atomic mass is 14.2. The lowest BCUT2D eigenvalue weighted by molar-refractivity contribution is 0.327. The van der Waals surface area contributed by atoms with Crippen molar-refractivity contribution in [1.82, 2.24) is 0 Å². The molecule has 0 nitrogen and oxygen atoms in total. The molecule has 0 aliphatic rings. The molecule has 0 aliphatic carbocycles. The van der Waals surface area contributed by atoms with Gasteiger partial charge < -0.3 is 0 Å². The Morgan fingerprint density at radius 2 is 1.73 bits per heavy atom. The van der Waals surface area contributed by atoms with Crippen molar-refractivity contribution in [3.05, 3.63) is 12.2 Å². The van der Waals surface area contributed by atoms with E-state index in [0.29, 0.717) is 0 Å². The molecule has 0 heterocycles. The zero-order valence-corrected chi connectivity index (χ0v) is 11.4. The van der Waals surface area contributed by atoms with Crippen LogP contribution in [-0.2, 0) is 0 Å². The van der Waals surface area contributed by atoms with Crippen LogP contribution < -0.4 is 0 Å². The maximum absolute atomic E-state index is 2.42. The van der Waals surface area contributed by atoms with Crippen molar-refractivity contribution in [2.75, 3.05) is 0 Å². The second kappa shape index (κ2) is 9.00. The van der Waals surface area contributed by atoms with E-state index < -0.39 is 0 Å². The van der Waals surface area contributed by atoms with Crippen LogP contribution in [0.1, 0.15) is 66.7 Å². The minimum absolute atomic E-state index is 0.851. The number of rotatable bonds is 8. The zero-order valence-electron chi connectivity index (χ0n) is 11.4. The predicted molar refractivity (Wildman–Crippen MR) is 71.1 cm³/mol. The average molecular weight is 210 g/mol. The van der Waals surface area contributed by atoms with Gasteiger partial charge in [0.05, 0.1) is 0 Å². The Bertz CT molecular complexity index is 155. The average Bonchev–Trinajstić information content (AvgIpc) is 2.13. The summed E-state index contributed by atoms with van der Waals surface area (Å²) in [5.41, 5.74) is 0. The summed E-state index contributed by atoms with van der Waals surface area (Å²) in [6, 6.07) is 0. The van der Waals surface area contributed by atoms with Crippen LogP contribution >= 0.6 is 0 Å². The Morgan fingerprint density at radius 3 is 2.20 bits per heavy atom. The predicted octanol–water partition coefficient (Wildman–Crippen LogP) is 5.44. The van der Waals surface area contributed by atoms with Gasteiger partial charge in [-0.1, -0.05) is 52.7 Å². The highest BCUT2D eigenvalue weighted by Gasteiger charge is 2.12. The molecule has 90 valence electrons. The zero-order chi connectivity index (χ0) is 11.7. The molecule has 2 unspecified atom stereocenters. The molecule has 2 atom stereocenters. The second-order valence-electron chi connectivity index (χ2n) is 5.43. The van der Waals surface area contributed by atoms with Crippen molar-refractivity contribution in [3.8, 4) is 0 Å². The van der Waals surface area contributed by atoms with Gasteiger partial charge in [0, 0.05) is 0 Å². The summed E-state index contributed by atoms with van der Waals surface area (Å²) in [5, 5.41) is 0. The molecule has 0 amide bonds. The van der Waals surface area contributed by atoms with E-state index in [-0.39, 0.29) is 0 Å². The minimum atomic E-state index is 0.851. The molecule has 0 aromatic rings. The summed E-state index contributed by atoms with van der Waals surface area (Å²) in [6.07, 6.45) is 11.3. The SMILES string of the molecule is CC=CCC(CCC)CC(C)CC(C)C. The summed E-state index contributed by atoms with van der Waals surface area (Å²) in [5.74, 6) is 2.66. The summed E-state index contributed by atoms with van der Waals surface area (Å²) < 4.78 is 0. The fourth-order valence-corrected chi connectivity index (χ4v) is 2.54. The van der Waals surface area contributed by atoms with Crippen LogP contribution in [0.25, 0.3) is 0 Å². The van der Waals surface area contributed by atoms with Crippen LogP contribution in [0.3, 0.4) is 0 Å². The molecule has 0 spiro atoms. The first-order chi connectivity index (χ1) is 7.10. The molecule has 0 aromatic heterocycles. The van der Waals surface area contributed by atoms with E-state index in [9.17, 15) is 0 Å². The topological polar surface area (TPSA) is 0 Å². The maximum Gasteiger partial charge on any atom is -0.0322 e.